The number of rotatable bonds is 5. The highest BCUT2D eigenvalue weighted by Crippen LogP contribution is 2.38. The van der Waals surface area contributed by atoms with Crippen LogP contribution >= 0.6 is 0 Å². The molecule has 0 aromatic carbocycles. The number of piperidine rings is 1. The fourth-order valence-electron chi connectivity index (χ4n) is 3.84. The van der Waals surface area contributed by atoms with Crippen LogP contribution in [0.1, 0.15) is 57.8 Å². The summed E-state index contributed by atoms with van der Waals surface area (Å²) >= 11 is 0. The summed E-state index contributed by atoms with van der Waals surface area (Å²) < 4.78 is 0. The molecule has 1 aliphatic heterocycles. The van der Waals surface area contributed by atoms with E-state index in [9.17, 15) is 10.2 Å². The number of likely N-dealkylation sites (tertiary alicyclic amines) is 1. The Labute approximate surface area is 111 Å². The van der Waals surface area contributed by atoms with E-state index in [-0.39, 0.29) is 5.41 Å². The first-order valence-electron chi connectivity index (χ1n) is 7.75. The van der Waals surface area contributed by atoms with Gasteiger partial charge in [-0.1, -0.05) is 25.7 Å². The van der Waals surface area contributed by atoms with Crippen molar-refractivity contribution >= 4 is 0 Å². The quantitative estimate of drug-likeness (QED) is 0.791. The SMILES string of the molecule is OCCC1CCCCN1CC1(CO)CCCCC1. The van der Waals surface area contributed by atoms with Gasteiger partial charge in [0.2, 0.25) is 0 Å². The first-order valence-corrected chi connectivity index (χ1v) is 7.75. The summed E-state index contributed by atoms with van der Waals surface area (Å²) in [6.07, 6.45) is 11.0. The standard InChI is InChI=1S/C15H29NO2/c17-11-7-14-6-2-5-10-16(14)12-15(13-18)8-3-1-4-9-15/h14,17-18H,1-13H2. The molecular weight excluding hydrogens is 226 g/mol. The van der Waals surface area contributed by atoms with Crippen molar-refractivity contribution in [3.05, 3.63) is 0 Å². The maximum Gasteiger partial charge on any atom is 0.0499 e. The van der Waals surface area contributed by atoms with Crippen LogP contribution in [0.5, 0.6) is 0 Å². The van der Waals surface area contributed by atoms with Crippen molar-refractivity contribution in [2.45, 2.75) is 63.8 Å². The molecule has 1 unspecified atom stereocenters. The molecule has 2 fully saturated rings. The van der Waals surface area contributed by atoms with Crippen LogP contribution in [0.25, 0.3) is 0 Å². The Morgan fingerprint density at radius 3 is 2.44 bits per heavy atom. The van der Waals surface area contributed by atoms with Crippen molar-refractivity contribution in [3.8, 4) is 0 Å². The summed E-state index contributed by atoms with van der Waals surface area (Å²) in [5.41, 5.74) is 0.156. The second-order valence-electron chi connectivity index (χ2n) is 6.35. The van der Waals surface area contributed by atoms with Crippen LogP contribution in [0.4, 0.5) is 0 Å². The summed E-state index contributed by atoms with van der Waals surface area (Å²) in [7, 11) is 0. The van der Waals surface area contributed by atoms with Crippen LogP contribution < -0.4 is 0 Å². The molecule has 106 valence electrons. The molecule has 3 heteroatoms. The third kappa shape index (κ3) is 3.46. The Morgan fingerprint density at radius 2 is 1.78 bits per heavy atom. The lowest BCUT2D eigenvalue weighted by Gasteiger charge is -2.44. The molecule has 0 radical (unpaired) electrons. The molecule has 1 heterocycles. The molecule has 2 N–H and O–H groups in total. The minimum atomic E-state index is 0.156. The van der Waals surface area contributed by atoms with Gasteiger partial charge < -0.3 is 10.2 Å². The van der Waals surface area contributed by atoms with Crippen molar-refractivity contribution in [1.82, 2.24) is 4.90 Å². The highest BCUT2D eigenvalue weighted by molar-refractivity contribution is 4.88. The van der Waals surface area contributed by atoms with Gasteiger partial charge in [-0.25, -0.2) is 0 Å². The molecule has 0 amide bonds. The van der Waals surface area contributed by atoms with Crippen molar-refractivity contribution in [2.24, 2.45) is 5.41 Å². The second kappa shape index (κ2) is 6.88. The van der Waals surface area contributed by atoms with Gasteiger partial charge in [0.25, 0.3) is 0 Å². The zero-order valence-electron chi connectivity index (χ0n) is 11.6. The zero-order valence-corrected chi connectivity index (χ0v) is 11.6. The highest BCUT2D eigenvalue weighted by Gasteiger charge is 2.35. The maximum atomic E-state index is 9.81. The molecule has 1 saturated heterocycles. The van der Waals surface area contributed by atoms with Crippen molar-refractivity contribution in [1.29, 1.82) is 0 Å². The monoisotopic (exact) mass is 255 g/mol. The molecule has 18 heavy (non-hydrogen) atoms. The van der Waals surface area contributed by atoms with Crippen LogP contribution in [0, 0.1) is 5.41 Å². The van der Waals surface area contributed by atoms with Gasteiger partial charge in [0.1, 0.15) is 0 Å². The first kappa shape index (κ1) is 14.3. The zero-order chi connectivity index (χ0) is 12.8. The molecule has 0 bridgehead atoms. The third-order valence-electron chi connectivity index (χ3n) is 5.00. The van der Waals surface area contributed by atoms with Crippen molar-refractivity contribution in [2.75, 3.05) is 26.3 Å². The van der Waals surface area contributed by atoms with Gasteiger partial charge in [0.05, 0.1) is 0 Å². The Balaban J connectivity index is 1.95. The Hall–Kier alpha value is -0.120. The molecule has 1 aliphatic carbocycles. The number of nitrogens with zero attached hydrogens (tertiary/aromatic N) is 1. The van der Waals surface area contributed by atoms with E-state index >= 15 is 0 Å². The largest absolute Gasteiger partial charge is 0.396 e. The highest BCUT2D eigenvalue weighted by atomic mass is 16.3. The van der Waals surface area contributed by atoms with E-state index in [1.165, 1.54) is 51.4 Å². The summed E-state index contributed by atoms with van der Waals surface area (Å²) in [5, 5.41) is 19.0. The molecule has 0 spiro atoms. The fraction of sp³-hybridized carbons (Fsp3) is 1.00. The molecule has 1 atom stereocenters. The molecule has 3 nitrogen and oxygen atoms in total. The summed E-state index contributed by atoms with van der Waals surface area (Å²) in [6, 6.07) is 0.550. The summed E-state index contributed by atoms with van der Waals surface area (Å²) in [4.78, 5) is 2.56. The van der Waals surface area contributed by atoms with E-state index in [0.717, 1.165) is 19.5 Å². The Bertz CT molecular complexity index is 237. The molecular formula is C15H29NO2. The van der Waals surface area contributed by atoms with E-state index in [1.807, 2.05) is 0 Å². The fourth-order valence-corrected chi connectivity index (χ4v) is 3.84. The van der Waals surface area contributed by atoms with Gasteiger partial charge in [0.15, 0.2) is 0 Å². The van der Waals surface area contributed by atoms with Crippen LogP contribution in [0.3, 0.4) is 0 Å². The predicted octanol–water partition coefficient (Wildman–Crippen LogP) is 2.17. The van der Waals surface area contributed by atoms with Gasteiger partial charge in [-0.2, -0.15) is 0 Å². The number of aliphatic hydroxyl groups is 2. The lowest BCUT2D eigenvalue weighted by molar-refractivity contribution is 0.00898. The maximum absolute atomic E-state index is 9.81. The molecule has 2 aliphatic rings. The average molecular weight is 255 g/mol. The van der Waals surface area contributed by atoms with Crippen LogP contribution in [0.15, 0.2) is 0 Å². The smallest absolute Gasteiger partial charge is 0.0499 e. The van der Waals surface area contributed by atoms with Crippen molar-refractivity contribution in [3.63, 3.8) is 0 Å². The van der Waals surface area contributed by atoms with Gasteiger partial charge >= 0.3 is 0 Å². The normalized spacial score (nSPS) is 29.3. The van der Waals surface area contributed by atoms with Gasteiger partial charge in [-0.15, -0.1) is 0 Å². The van der Waals surface area contributed by atoms with E-state index in [0.29, 0.717) is 19.3 Å². The predicted molar refractivity (Wildman–Crippen MR) is 73.5 cm³/mol. The van der Waals surface area contributed by atoms with E-state index in [2.05, 4.69) is 4.90 Å². The second-order valence-corrected chi connectivity index (χ2v) is 6.35. The van der Waals surface area contributed by atoms with Crippen LogP contribution in [-0.4, -0.2) is 47.5 Å². The Morgan fingerprint density at radius 1 is 1.00 bits per heavy atom. The molecule has 0 aromatic rings. The van der Waals surface area contributed by atoms with Gasteiger partial charge in [-0.3, -0.25) is 4.90 Å². The van der Waals surface area contributed by atoms with E-state index < -0.39 is 0 Å². The van der Waals surface area contributed by atoms with Crippen LogP contribution in [-0.2, 0) is 0 Å². The lowest BCUT2D eigenvalue weighted by atomic mass is 9.73. The molecule has 1 saturated carbocycles. The average Bonchev–Trinajstić information content (AvgIpc) is 2.42. The number of hydrogen-bond acceptors (Lipinski definition) is 3. The lowest BCUT2D eigenvalue weighted by Crippen LogP contribution is -2.48. The topological polar surface area (TPSA) is 43.7 Å². The summed E-state index contributed by atoms with van der Waals surface area (Å²) in [6.45, 7) is 2.85. The van der Waals surface area contributed by atoms with Crippen LogP contribution in [0.2, 0.25) is 0 Å². The first-order chi connectivity index (χ1) is 8.79. The van der Waals surface area contributed by atoms with E-state index in [1.54, 1.807) is 0 Å². The minimum absolute atomic E-state index is 0.156. The number of aliphatic hydroxyl groups excluding tert-OH is 2. The Kier molecular flexibility index (Phi) is 5.46. The summed E-state index contributed by atoms with van der Waals surface area (Å²) in [5.74, 6) is 0. The number of hydrogen-bond donors (Lipinski definition) is 2. The van der Waals surface area contributed by atoms with Gasteiger partial charge in [-0.05, 0) is 38.6 Å². The van der Waals surface area contributed by atoms with E-state index in [4.69, 9.17) is 0 Å². The molecule has 0 aromatic heterocycles. The van der Waals surface area contributed by atoms with Gasteiger partial charge in [0, 0.05) is 31.2 Å². The molecule has 2 rings (SSSR count). The van der Waals surface area contributed by atoms with Crippen molar-refractivity contribution < 1.29 is 10.2 Å². The third-order valence-corrected chi connectivity index (χ3v) is 5.00. The minimum Gasteiger partial charge on any atom is -0.396 e.